The Kier molecular flexibility index (Phi) is 4.95. The molecule has 2 aromatic carbocycles. The maximum Gasteiger partial charge on any atom is 0.248 e. The minimum absolute atomic E-state index is 0.408. The van der Waals surface area contributed by atoms with Crippen molar-refractivity contribution in [2.75, 3.05) is 20.3 Å². The molecule has 21 heavy (non-hydrogen) atoms. The number of nitrogens with two attached hydrogens (primary N) is 1. The van der Waals surface area contributed by atoms with Gasteiger partial charge in [-0.2, -0.15) is 0 Å². The van der Waals surface area contributed by atoms with Crippen LogP contribution in [0.2, 0.25) is 0 Å². The van der Waals surface area contributed by atoms with Gasteiger partial charge in [-0.25, -0.2) is 0 Å². The lowest BCUT2D eigenvalue weighted by Gasteiger charge is -2.09. The second-order valence-corrected chi connectivity index (χ2v) is 4.76. The standard InChI is InChI=1S/C17H19NO3/c1-12-3-4-14(11-16(12)17(18)19)13-5-7-15(8-6-13)21-10-9-20-2/h3-8,11H,9-10H2,1-2H3,(H2,18,19). The lowest BCUT2D eigenvalue weighted by atomic mass is 9.99. The maximum absolute atomic E-state index is 11.4. The number of hydrogen-bond acceptors (Lipinski definition) is 3. The fourth-order valence-corrected chi connectivity index (χ4v) is 2.05. The molecule has 0 aliphatic carbocycles. The molecule has 0 aliphatic rings. The number of rotatable bonds is 6. The number of amides is 1. The smallest absolute Gasteiger partial charge is 0.248 e. The third kappa shape index (κ3) is 3.83. The summed E-state index contributed by atoms with van der Waals surface area (Å²) in [5.41, 5.74) is 8.78. The molecule has 0 heterocycles. The molecule has 4 heteroatoms. The van der Waals surface area contributed by atoms with Gasteiger partial charge in [0.25, 0.3) is 0 Å². The van der Waals surface area contributed by atoms with Gasteiger partial charge in [0.2, 0.25) is 5.91 Å². The van der Waals surface area contributed by atoms with E-state index in [4.69, 9.17) is 15.2 Å². The molecular weight excluding hydrogens is 266 g/mol. The van der Waals surface area contributed by atoms with Crippen LogP contribution in [0.15, 0.2) is 42.5 Å². The van der Waals surface area contributed by atoms with Gasteiger partial charge in [-0.3, -0.25) is 4.79 Å². The average molecular weight is 285 g/mol. The minimum atomic E-state index is -0.408. The van der Waals surface area contributed by atoms with Crippen molar-refractivity contribution in [3.05, 3.63) is 53.6 Å². The molecule has 4 nitrogen and oxygen atoms in total. The van der Waals surface area contributed by atoms with Crippen LogP contribution in [0.1, 0.15) is 15.9 Å². The van der Waals surface area contributed by atoms with E-state index in [1.165, 1.54) is 0 Å². The summed E-state index contributed by atoms with van der Waals surface area (Å²) in [5.74, 6) is 0.381. The number of hydrogen-bond donors (Lipinski definition) is 1. The van der Waals surface area contributed by atoms with Gasteiger partial charge >= 0.3 is 0 Å². The van der Waals surface area contributed by atoms with Crippen molar-refractivity contribution < 1.29 is 14.3 Å². The third-order valence-electron chi connectivity index (χ3n) is 3.25. The van der Waals surface area contributed by atoms with Gasteiger partial charge in [-0.15, -0.1) is 0 Å². The zero-order valence-electron chi connectivity index (χ0n) is 12.3. The first-order valence-electron chi connectivity index (χ1n) is 6.74. The first-order valence-corrected chi connectivity index (χ1v) is 6.74. The molecule has 0 spiro atoms. The highest BCUT2D eigenvalue weighted by atomic mass is 16.5. The summed E-state index contributed by atoms with van der Waals surface area (Å²) in [7, 11) is 1.64. The van der Waals surface area contributed by atoms with E-state index in [1.54, 1.807) is 7.11 Å². The van der Waals surface area contributed by atoms with Crippen LogP contribution in [0.4, 0.5) is 0 Å². The minimum Gasteiger partial charge on any atom is -0.491 e. The Hall–Kier alpha value is -2.33. The summed E-state index contributed by atoms with van der Waals surface area (Å²) in [6, 6.07) is 13.4. The lowest BCUT2D eigenvalue weighted by molar-refractivity contribution is 0.1000. The van der Waals surface area contributed by atoms with E-state index in [9.17, 15) is 4.79 Å². The Balaban J connectivity index is 2.18. The van der Waals surface area contributed by atoms with E-state index >= 15 is 0 Å². The van der Waals surface area contributed by atoms with Crippen molar-refractivity contribution in [3.63, 3.8) is 0 Å². The Morgan fingerprint density at radius 1 is 1.05 bits per heavy atom. The number of benzene rings is 2. The van der Waals surface area contributed by atoms with Crippen molar-refractivity contribution in [3.8, 4) is 16.9 Å². The van der Waals surface area contributed by atoms with Crippen LogP contribution in [0.25, 0.3) is 11.1 Å². The van der Waals surface area contributed by atoms with Gasteiger partial charge in [-0.05, 0) is 41.8 Å². The lowest BCUT2D eigenvalue weighted by Crippen LogP contribution is -2.12. The second kappa shape index (κ2) is 6.90. The van der Waals surface area contributed by atoms with Crippen LogP contribution in [0.3, 0.4) is 0 Å². The Labute approximate surface area is 124 Å². The van der Waals surface area contributed by atoms with Crippen molar-refractivity contribution in [1.29, 1.82) is 0 Å². The highest BCUT2D eigenvalue weighted by molar-refractivity contribution is 5.95. The van der Waals surface area contributed by atoms with E-state index in [0.717, 1.165) is 22.4 Å². The van der Waals surface area contributed by atoms with Crippen molar-refractivity contribution in [1.82, 2.24) is 0 Å². The van der Waals surface area contributed by atoms with Gasteiger partial charge in [0, 0.05) is 12.7 Å². The van der Waals surface area contributed by atoms with E-state index in [-0.39, 0.29) is 0 Å². The molecule has 0 radical (unpaired) electrons. The van der Waals surface area contributed by atoms with Gasteiger partial charge in [-0.1, -0.05) is 24.3 Å². The molecule has 0 aromatic heterocycles. The third-order valence-corrected chi connectivity index (χ3v) is 3.25. The Morgan fingerprint density at radius 3 is 2.33 bits per heavy atom. The molecule has 0 aliphatic heterocycles. The summed E-state index contributed by atoms with van der Waals surface area (Å²) in [6.45, 7) is 2.95. The number of ether oxygens (including phenoxy) is 2. The SMILES string of the molecule is COCCOc1ccc(-c2ccc(C)c(C(N)=O)c2)cc1. The average Bonchev–Trinajstić information content (AvgIpc) is 2.48. The van der Waals surface area contributed by atoms with Gasteiger partial charge < -0.3 is 15.2 Å². The van der Waals surface area contributed by atoms with E-state index < -0.39 is 5.91 Å². The Morgan fingerprint density at radius 2 is 1.71 bits per heavy atom. The normalized spacial score (nSPS) is 10.4. The molecule has 0 saturated heterocycles. The van der Waals surface area contributed by atoms with Crippen molar-refractivity contribution in [2.24, 2.45) is 5.73 Å². The van der Waals surface area contributed by atoms with E-state index in [1.807, 2.05) is 49.4 Å². The number of methoxy groups -OCH3 is 1. The molecule has 0 atom stereocenters. The second-order valence-electron chi connectivity index (χ2n) is 4.76. The summed E-state index contributed by atoms with van der Waals surface area (Å²) in [5, 5.41) is 0. The highest BCUT2D eigenvalue weighted by Crippen LogP contribution is 2.24. The molecule has 0 bridgehead atoms. The zero-order chi connectivity index (χ0) is 15.2. The summed E-state index contributed by atoms with van der Waals surface area (Å²) in [6.07, 6.45) is 0. The number of aryl methyl sites for hydroxylation is 1. The maximum atomic E-state index is 11.4. The van der Waals surface area contributed by atoms with Crippen LogP contribution in [-0.4, -0.2) is 26.2 Å². The van der Waals surface area contributed by atoms with E-state index in [2.05, 4.69) is 0 Å². The van der Waals surface area contributed by atoms with Crippen LogP contribution in [0.5, 0.6) is 5.75 Å². The van der Waals surface area contributed by atoms with Crippen molar-refractivity contribution in [2.45, 2.75) is 6.92 Å². The zero-order valence-corrected chi connectivity index (χ0v) is 12.3. The fourth-order valence-electron chi connectivity index (χ4n) is 2.05. The van der Waals surface area contributed by atoms with Crippen LogP contribution >= 0.6 is 0 Å². The number of primary amides is 1. The summed E-state index contributed by atoms with van der Waals surface area (Å²) < 4.78 is 10.5. The molecule has 0 saturated carbocycles. The summed E-state index contributed by atoms with van der Waals surface area (Å²) in [4.78, 5) is 11.4. The number of carbonyl (C=O) groups is 1. The molecule has 2 aromatic rings. The van der Waals surface area contributed by atoms with E-state index in [0.29, 0.717) is 18.8 Å². The predicted molar refractivity (Wildman–Crippen MR) is 82.5 cm³/mol. The van der Waals surface area contributed by atoms with Crippen molar-refractivity contribution >= 4 is 5.91 Å². The molecule has 2 N–H and O–H groups in total. The van der Waals surface area contributed by atoms with Crippen LogP contribution in [0, 0.1) is 6.92 Å². The molecule has 0 fully saturated rings. The number of carbonyl (C=O) groups excluding carboxylic acids is 1. The molecule has 0 unspecified atom stereocenters. The predicted octanol–water partition coefficient (Wildman–Crippen LogP) is 2.79. The monoisotopic (exact) mass is 285 g/mol. The topological polar surface area (TPSA) is 61.6 Å². The Bertz CT molecular complexity index is 620. The van der Waals surface area contributed by atoms with Gasteiger partial charge in [0.1, 0.15) is 12.4 Å². The molecule has 1 amide bonds. The highest BCUT2D eigenvalue weighted by Gasteiger charge is 2.07. The molecular formula is C17H19NO3. The van der Waals surface area contributed by atoms with Crippen LogP contribution in [-0.2, 0) is 4.74 Å². The molecule has 110 valence electrons. The fraction of sp³-hybridized carbons (Fsp3) is 0.235. The first-order chi connectivity index (χ1) is 10.1. The molecule has 2 rings (SSSR count). The van der Waals surface area contributed by atoms with Gasteiger partial charge in [0.05, 0.1) is 6.61 Å². The quantitative estimate of drug-likeness (QED) is 0.830. The summed E-state index contributed by atoms with van der Waals surface area (Å²) >= 11 is 0. The first kappa shape index (κ1) is 15.1. The van der Waals surface area contributed by atoms with Crippen LogP contribution < -0.4 is 10.5 Å². The largest absolute Gasteiger partial charge is 0.491 e. The van der Waals surface area contributed by atoms with Gasteiger partial charge in [0.15, 0.2) is 0 Å².